The maximum Gasteiger partial charge on any atom is 0.237 e. The van der Waals surface area contributed by atoms with Crippen molar-refractivity contribution < 1.29 is 4.79 Å². The van der Waals surface area contributed by atoms with Gasteiger partial charge in [-0.2, -0.15) is 11.8 Å². The Labute approximate surface area is 102 Å². The number of hydrogen-bond acceptors (Lipinski definition) is 3. The molecule has 2 N–H and O–H groups in total. The molecule has 2 aliphatic rings. The van der Waals surface area contributed by atoms with Crippen LogP contribution in [0.5, 0.6) is 0 Å². The van der Waals surface area contributed by atoms with Gasteiger partial charge in [0.15, 0.2) is 0 Å². The average molecular weight is 251 g/mol. The number of carbonyl (C=O) groups is 1. The molecule has 3 nitrogen and oxygen atoms in total. The summed E-state index contributed by atoms with van der Waals surface area (Å²) in [6, 6.07) is 0.105. The van der Waals surface area contributed by atoms with Gasteiger partial charge in [0.2, 0.25) is 5.91 Å². The average Bonchev–Trinajstić information content (AvgIpc) is 2.14. The summed E-state index contributed by atoms with van der Waals surface area (Å²) in [7, 11) is 0. The molecule has 0 aromatic rings. The number of amides is 1. The summed E-state index contributed by atoms with van der Waals surface area (Å²) in [6.45, 7) is 1.88. The predicted molar refractivity (Wildman–Crippen MR) is 66.7 cm³/mol. The first-order chi connectivity index (χ1) is 6.86. The lowest BCUT2D eigenvalue weighted by Crippen LogP contribution is -2.53. The Bertz CT molecular complexity index is 206. The number of rotatable bonds is 3. The highest BCUT2D eigenvalue weighted by molar-refractivity contribution is 7.99. The van der Waals surface area contributed by atoms with Crippen molar-refractivity contribution in [1.82, 2.24) is 10.6 Å². The highest BCUT2D eigenvalue weighted by atomic mass is 35.5. The standard InChI is InChI=1S/C10H18N2OS.ClH/c13-10(9-1-4-11-9)12-7-8-2-5-14-6-3-8;/h8-9,11H,1-7H2,(H,12,13);1H/t9-;/m1./s1. The first kappa shape index (κ1) is 13.1. The van der Waals surface area contributed by atoms with Crippen LogP contribution in [0.2, 0.25) is 0 Å². The van der Waals surface area contributed by atoms with Gasteiger partial charge < -0.3 is 10.6 Å². The van der Waals surface area contributed by atoms with Gasteiger partial charge in [0.05, 0.1) is 6.04 Å². The van der Waals surface area contributed by atoms with Crippen LogP contribution in [0.15, 0.2) is 0 Å². The zero-order valence-corrected chi connectivity index (χ0v) is 10.5. The van der Waals surface area contributed by atoms with E-state index in [2.05, 4.69) is 10.6 Å². The van der Waals surface area contributed by atoms with Crippen molar-refractivity contribution in [3.8, 4) is 0 Å². The lowest BCUT2D eigenvalue weighted by atomic mass is 10.0. The van der Waals surface area contributed by atoms with E-state index in [1.165, 1.54) is 24.3 Å². The van der Waals surface area contributed by atoms with Gasteiger partial charge >= 0.3 is 0 Å². The second-order valence-electron chi connectivity index (χ2n) is 4.10. The molecule has 2 heterocycles. The van der Waals surface area contributed by atoms with Crippen LogP contribution < -0.4 is 10.6 Å². The van der Waals surface area contributed by atoms with Crippen LogP contribution in [0, 0.1) is 5.92 Å². The van der Waals surface area contributed by atoms with Crippen molar-refractivity contribution in [1.29, 1.82) is 0 Å². The fourth-order valence-corrected chi connectivity index (χ4v) is 3.04. The maximum absolute atomic E-state index is 11.5. The lowest BCUT2D eigenvalue weighted by Gasteiger charge is -2.28. The van der Waals surface area contributed by atoms with E-state index >= 15 is 0 Å². The highest BCUT2D eigenvalue weighted by Gasteiger charge is 2.24. The van der Waals surface area contributed by atoms with E-state index in [1.807, 2.05) is 11.8 Å². The Morgan fingerprint density at radius 1 is 1.33 bits per heavy atom. The fourth-order valence-electron chi connectivity index (χ4n) is 1.83. The van der Waals surface area contributed by atoms with E-state index < -0.39 is 0 Å². The van der Waals surface area contributed by atoms with Crippen molar-refractivity contribution in [3.63, 3.8) is 0 Å². The van der Waals surface area contributed by atoms with Gasteiger partial charge in [0.1, 0.15) is 0 Å². The summed E-state index contributed by atoms with van der Waals surface area (Å²) in [5.41, 5.74) is 0. The van der Waals surface area contributed by atoms with Crippen LogP contribution in [0.25, 0.3) is 0 Å². The summed E-state index contributed by atoms with van der Waals surface area (Å²) >= 11 is 2.03. The Kier molecular flexibility index (Phi) is 5.79. The second kappa shape index (κ2) is 6.61. The van der Waals surface area contributed by atoms with Gasteiger partial charge in [0, 0.05) is 6.54 Å². The highest BCUT2D eigenvalue weighted by Crippen LogP contribution is 2.21. The molecule has 0 saturated carbocycles. The molecule has 0 unspecified atom stereocenters. The Hall–Kier alpha value is 0.0700. The minimum Gasteiger partial charge on any atom is -0.354 e. The molecule has 2 aliphatic heterocycles. The fraction of sp³-hybridized carbons (Fsp3) is 0.900. The number of thioether (sulfide) groups is 1. The predicted octanol–water partition coefficient (Wildman–Crippen LogP) is 1.03. The van der Waals surface area contributed by atoms with E-state index in [1.54, 1.807) is 0 Å². The third kappa shape index (κ3) is 3.85. The van der Waals surface area contributed by atoms with Crippen LogP contribution in [0.1, 0.15) is 19.3 Å². The molecule has 1 amide bonds. The molecule has 0 spiro atoms. The van der Waals surface area contributed by atoms with Gasteiger partial charge in [-0.25, -0.2) is 0 Å². The third-order valence-electron chi connectivity index (χ3n) is 3.05. The second-order valence-corrected chi connectivity index (χ2v) is 5.32. The van der Waals surface area contributed by atoms with Gasteiger partial charge in [-0.05, 0) is 43.2 Å². The first-order valence-electron chi connectivity index (χ1n) is 5.45. The van der Waals surface area contributed by atoms with Gasteiger partial charge in [-0.1, -0.05) is 0 Å². The summed E-state index contributed by atoms with van der Waals surface area (Å²) in [4.78, 5) is 11.5. The van der Waals surface area contributed by atoms with Gasteiger partial charge in [-0.15, -0.1) is 12.4 Å². The quantitative estimate of drug-likeness (QED) is 0.786. The molecule has 0 aliphatic carbocycles. The van der Waals surface area contributed by atoms with E-state index in [0.717, 1.165) is 25.4 Å². The largest absolute Gasteiger partial charge is 0.354 e. The first-order valence-corrected chi connectivity index (χ1v) is 6.60. The van der Waals surface area contributed by atoms with Crippen LogP contribution in [-0.4, -0.2) is 36.5 Å². The normalized spacial score (nSPS) is 26.3. The molecule has 0 radical (unpaired) electrons. The minimum atomic E-state index is 0. The van der Waals surface area contributed by atoms with E-state index in [9.17, 15) is 4.79 Å². The van der Waals surface area contributed by atoms with E-state index in [-0.39, 0.29) is 24.4 Å². The third-order valence-corrected chi connectivity index (χ3v) is 4.09. The molecular weight excluding hydrogens is 232 g/mol. The molecule has 2 rings (SSSR count). The number of carbonyl (C=O) groups excluding carboxylic acids is 1. The number of hydrogen-bond donors (Lipinski definition) is 2. The van der Waals surface area contributed by atoms with Gasteiger partial charge in [0.25, 0.3) is 0 Å². The summed E-state index contributed by atoms with van der Waals surface area (Å²) in [5, 5.41) is 6.16. The molecule has 2 fully saturated rings. The Morgan fingerprint density at radius 2 is 2.00 bits per heavy atom. The van der Waals surface area contributed by atoms with Crippen LogP contribution in [-0.2, 0) is 4.79 Å². The van der Waals surface area contributed by atoms with Crippen molar-refractivity contribution in [2.24, 2.45) is 5.92 Å². The smallest absolute Gasteiger partial charge is 0.237 e. The molecule has 5 heteroatoms. The maximum atomic E-state index is 11.5. The summed E-state index contributed by atoms with van der Waals surface area (Å²) in [6.07, 6.45) is 3.54. The van der Waals surface area contributed by atoms with Crippen molar-refractivity contribution in [2.45, 2.75) is 25.3 Å². The van der Waals surface area contributed by atoms with Crippen LogP contribution in [0.4, 0.5) is 0 Å². The van der Waals surface area contributed by atoms with Crippen LogP contribution >= 0.6 is 24.2 Å². The molecule has 0 aromatic heterocycles. The molecule has 0 bridgehead atoms. The van der Waals surface area contributed by atoms with Crippen LogP contribution in [0.3, 0.4) is 0 Å². The SMILES string of the molecule is Cl.O=C(NCC1CCSCC1)[C@H]1CCN1. The van der Waals surface area contributed by atoms with Crippen molar-refractivity contribution >= 4 is 30.1 Å². The van der Waals surface area contributed by atoms with Crippen molar-refractivity contribution in [3.05, 3.63) is 0 Å². The van der Waals surface area contributed by atoms with Gasteiger partial charge in [-0.3, -0.25) is 4.79 Å². The molecule has 2 saturated heterocycles. The molecular formula is C10H19ClN2OS. The number of halogens is 1. The lowest BCUT2D eigenvalue weighted by molar-refractivity contribution is -0.124. The molecule has 1 atom stereocenters. The zero-order chi connectivity index (χ0) is 9.80. The van der Waals surface area contributed by atoms with E-state index in [4.69, 9.17) is 0 Å². The molecule has 15 heavy (non-hydrogen) atoms. The monoisotopic (exact) mass is 250 g/mol. The summed E-state index contributed by atoms with van der Waals surface area (Å²) < 4.78 is 0. The topological polar surface area (TPSA) is 41.1 Å². The summed E-state index contributed by atoms with van der Waals surface area (Å²) in [5.74, 6) is 3.46. The van der Waals surface area contributed by atoms with Crippen molar-refractivity contribution in [2.75, 3.05) is 24.6 Å². The Balaban J connectivity index is 0.00000112. The zero-order valence-electron chi connectivity index (χ0n) is 8.83. The minimum absolute atomic E-state index is 0. The molecule has 88 valence electrons. The Morgan fingerprint density at radius 3 is 2.53 bits per heavy atom. The van der Waals surface area contributed by atoms with E-state index in [0.29, 0.717) is 0 Å². The molecule has 0 aromatic carbocycles. The number of nitrogens with one attached hydrogen (secondary N) is 2.